The second-order valence-corrected chi connectivity index (χ2v) is 5.21. The molecule has 2 rings (SSSR count). The second kappa shape index (κ2) is 5.91. The summed E-state index contributed by atoms with van der Waals surface area (Å²) < 4.78 is 43.1. The highest BCUT2D eigenvalue weighted by Crippen LogP contribution is 2.39. The first-order valence-electron chi connectivity index (χ1n) is 5.50. The fourth-order valence-electron chi connectivity index (χ4n) is 1.68. The average molecular weight is 357 g/mol. The van der Waals surface area contributed by atoms with Crippen LogP contribution >= 0.6 is 34.8 Å². The Bertz CT molecular complexity index is 666. The zero-order valence-corrected chi connectivity index (χ0v) is 12.7. The van der Waals surface area contributed by atoms with E-state index < -0.39 is 11.7 Å². The van der Waals surface area contributed by atoms with E-state index in [1.165, 1.54) is 18.2 Å². The Balaban J connectivity index is 2.56. The van der Waals surface area contributed by atoms with Gasteiger partial charge in [-0.1, -0.05) is 34.8 Å². The summed E-state index contributed by atoms with van der Waals surface area (Å²) >= 11 is 17.6. The molecule has 0 fully saturated rings. The van der Waals surface area contributed by atoms with E-state index in [1.54, 1.807) is 0 Å². The molecule has 1 aromatic carbocycles. The van der Waals surface area contributed by atoms with Crippen molar-refractivity contribution in [2.45, 2.75) is 6.18 Å². The molecule has 0 saturated heterocycles. The monoisotopic (exact) mass is 355 g/mol. The second-order valence-electron chi connectivity index (χ2n) is 4.02. The molecule has 0 unspecified atom stereocenters. The van der Waals surface area contributed by atoms with Crippen molar-refractivity contribution in [3.8, 4) is 17.0 Å². The molecule has 2 nitrogen and oxygen atoms in total. The van der Waals surface area contributed by atoms with Crippen LogP contribution in [0.3, 0.4) is 0 Å². The summed E-state index contributed by atoms with van der Waals surface area (Å²) in [6.45, 7) is 0. The molecule has 0 N–H and O–H groups in total. The molecule has 21 heavy (non-hydrogen) atoms. The van der Waals surface area contributed by atoms with Gasteiger partial charge in [0.25, 0.3) is 0 Å². The van der Waals surface area contributed by atoms with Crippen LogP contribution in [0.2, 0.25) is 15.1 Å². The van der Waals surface area contributed by atoms with Gasteiger partial charge in [-0.15, -0.1) is 0 Å². The van der Waals surface area contributed by atoms with E-state index in [4.69, 9.17) is 39.5 Å². The average Bonchev–Trinajstić information content (AvgIpc) is 2.42. The largest absolute Gasteiger partial charge is 0.496 e. The Morgan fingerprint density at radius 3 is 2.10 bits per heavy atom. The van der Waals surface area contributed by atoms with Crippen LogP contribution in [0.5, 0.6) is 5.75 Å². The number of hydrogen-bond donors (Lipinski definition) is 0. The molecule has 112 valence electrons. The fourth-order valence-corrected chi connectivity index (χ4v) is 2.28. The smallest absolute Gasteiger partial charge is 0.421 e. The predicted molar refractivity (Wildman–Crippen MR) is 76.3 cm³/mol. The van der Waals surface area contributed by atoms with E-state index in [1.807, 2.05) is 0 Å². The topological polar surface area (TPSA) is 22.1 Å². The van der Waals surface area contributed by atoms with Crippen molar-refractivity contribution in [3.05, 3.63) is 45.0 Å². The van der Waals surface area contributed by atoms with Gasteiger partial charge in [-0.05, 0) is 12.1 Å². The zero-order valence-electron chi connectivity index (χ0n) is 10.4. The standard InChI is InChI=1S/C13H7Cl3F3NO/c1-21-11-4-10(20-5-7(11)13(17,18)19)6-2-8(14)12(16)9(15)3-6/h2-5H,1H3. The van der Waals surface area contributed by atoms with Gasteiger partial charge in [-0.2, -0.15) is 13.2 Å². The SMILES string of the molecule is COc1cc(-c2cc(Cl)c(Cl)c(Cl)c2)ncc1C(F)(F)F. The van der Waals surface area contributed by atoms with Crippen molar-refractivity contribution in [1.29, 1.82) is 0 Å². The molecule has 0 aliphatic rings. The molecule has 0 radical (unpaired) electrons. The highest BCUT2D eigenvalue weighted by atomic mass is 35.5. The van der Waals surface area contributed by atoms with E-state index in [2.05, 4.69) is 4.98 Å². The third kappa shape index (κ3) is 3.36. The van der Waals surface area contributed by atoms with Crippen molar-refractivity contribution in [3.63, 3.8) is 0 Å². The quantitative estimate of drug-likeness (QED) is 0.640. The molecule has 0 atom stereocenters. The van der Waals surface area contributed by atoms with E-state index in [9.17, 15) is 13.2 Å². The van der Waals surface area contributed by atoms with Crippen LogP contribution in [0, 0.1) is 0 Å². The van der Waals surface area contributed by atoms with Crippen LogP contribution < -0.4 is 4.74 Å². The van der Waals surface area contributed by atoms with Gasteiger partial charge in [0.1, 0.15) is 11.3 Å². The molecule has 2 aromatic rings. The molecule has 1 heterocycles. The fraction of sp³-hybridized carbons (Fsp3) is 0.154. The van der Waals surface area contributed by atoms with Gasteiger partial charge in [0.05, 0.1) is 27.9 Å². The Morgan fingerprint density at radius 1 is 1.05 bits per heavy atom. The number of rotatable bonds is 2. The number of benzene rings is 1. The van der Waals surface area contributed by atoms with E-state index in [0.29, 0.717) is 11.8 Å². The lowest BCUT2D eigenvalue weighted by Gasteiger charge is -2.13. The van der Waals surface area contributed by atoms with Crippen molar-refractivity contribution < 1.29 is 17.9 Å². The van der Waals surface area contributed by atoms with E-state index in [-0.39, 0.29) is 26.5 Å². The Kier molecular flexibility index (Phi) is 4.56. The molecule has 0 aliphatic heterocycles. The van der Waals surface area contributed by atoms with Crippen molar-refractivity contribution in [1.82, 2.24) is 4.98 Å². The van der Waals surface area contributed by atoms with Crippen LogP contribution in [0.15, 0.2) is 24.4 Å². The van der Waals surface area contributed by atoms with Crippen LogP contribution in [0.4, 0.5) is 13.2 Å². The minimum Gasteiger partial charge on any atom is -0.496 e. The number of methoxy groups -OCH3 is 1. The van der Waals surface area contributed by atoms with Crippen LogP contribution in [-0.2, 0) is 6.18 Å². The first-order chi connectivity index (χ1) is 9.74. The Labute approximate surface area is 133 Å². The molecule has 0 spiro atoms. The van der Waals surface area contributed by atoms with Crippen molar-refractivity contribution in [2.24, 2.45) is 0 Å². The Morgan fingerprint density at radius 2 is 1.62 bits per heavy atom. The van der Waals surface area contributed by atoms with E-state index in [0.717, 1.165) is 7.11 Å². The lowest BCUT2D eigenvalue weighted by Crippen LogP contribution is -2.08. The summed E-state index contributed by atoms with van der Waals surface area (Å²) in [7, 11) is 1.15. The van der Waals surface area contributed by atoms with Gasteiger partial charge in [0.15, 0.2) is 0 Å². The highest BCUT2D eigenvalue weighted by molar-refractivity contribution is 6.48. The Hall–Kier alpha value is -1.17. The first kappa shape index (κ1) is 16.2. The molecule has 0 bridgehead atoms. The summed E-state index contributed by atoms with van der Waals surface area (Å²) in [5, 5.41) is 0.528. The highest BCUT2D eigenvalue weighted by Gasteiger charge is 2.35. The minimum atomic E-state index is -4.55. The van der Waals surface area contributed by atoms with Crippen LogP contribution in [-0.4, -0.2) is 12.1 Å². The van der Waals surface area contributed by atoms with Crippen LogP contribution in [0.1, 0.15) is 5.56 Å². The maximum Gasteiger partial charge on any atom is 0.421 e. The van der Waals surface area contributed by atoms with Crippen molar-refractivity contribution >= 4 is 34.8 Å². The molecule has 8 heteroatoms. The number of pyridine rings is 1. The summed E-state index contributed by atoms with van der Waals surface area (Å²) in [4.78, 5) is 3.78. The van der Waals surface area contributed by atoms with Gasteiger partial charge < -0.3 is 4.74 Å². The summed E-state index contributed by atoms with van der Waals surface area (Å²) in [5.74, 6) is -0.338. The van der Waals surface area contributed by atoms with E-state index >= 15 is 0 Å². The van der Waals surface area contributed by atoms with Gasteiger partial charge >= 0.3 is 6.18 Å². The summed E-state index contributed by atoms with van der Waals surface area (Å²) in [5.41, 5.74) is -0.290. The molecule has 0 amide bonds. The van der Waals surface area contributed by atoms with Crippen molar-refractivity contribution in [2.75, 3.05) is 7.11 Å². The summed E-state index contributed by atoms with van der Waals surface area (Å²) in [6.07, 6.45) is -3.85. The van der Waals surface area contributed by atoms with Gasteiger partial charge in [0.2, 0.25) is 0 Å². The number of nitrogens with zero attached hydrogens (tertiary/aromatic N) is 1. The minimum absolute atomic E-state index is 0.168. The lowest BCUT2D eigenvalue weighted by atomic mass is 10.1. The van der Waals surface area contributed by atoms with Gasteiger partial charge in [0, 0.05) is 17.8 Å². The maximum atomic E-state index is 12.8. The first-order valence-corrected chi connectivity index (χ1v) is 6.63. The molecule has 1 aromatic heterocycles. The molecular weight excluding hydrogens is 350 g/mol. The third-order valence-electron chi connectivity index (χ3n) is 2.67. The van der Waals surface area contributed by atoms with Gasteiger partial charge in [-0.3, -0.25) is 4.98 Å². The maximum absolute atomic E-state index is 12.8. The number of ether oxygens (including phenoxy) is 1. The molecule has 0 aliphatic carbocycles. The third-order valence-corrected chi connectivity index (χ3v) is 3.87. The normalized spacial score (nSPS) is 11.6. The number of hydrogen-bond acceptors (Lipinski definition) is 2. The number of halogens is 6. The lowest BCUT2D eigenvalue weighted by molar-refractivity contribution is -0.139. The summed E-state index contributed by atoms with van der Waals surface area (Å²) in [6, 6.07) is 4.09. The predicted octanol–water partition coefficient (Wildman–Crippen LogP) is 5.74. The number of aromatic nitrogens is 1. The zero-order chi connectivity index (χ0) is 15.8. The van der Waals surface area contributed by atoms with Crippen LogP contribution in [0.25, 0.3) is 11.3 Å². The molecular formula is C13H7Cl3F3NO. The molecule has 0 saturated carbocycles. The number of alkyl halides is 3. The van der Waals surface area contributed by atoms with Gasteiger partial charge in [-0.25, -0.2) is 0 Å².